The minimum atomic E-state index is -1.11. The van der Waals surface area contributed by atoms with Gasteiger partial charge in [-0.15, -0.1) is 0 Å². The molecule has 0 fully saturated rings. The van der Waals surface area contributed by atoms with Crippen LogP contribution in [0.15, 0.2) is 79.2 Å². The van der Waals surface area contributed by atoms with Crippen LogP contribution in [0.5, 0.6) is 17.2 Å². The van der Waals surface area contributed by atoms with Gasteiger partial charge in [0.2, 0.25) is 5.83 Å². The SMILES string of the molecule is C=C(F)C(=O)OCCCCOc1ccc2c(c1)C(C)c1cc(OC(=O)c3ccc(OCCCCCCN4C(=O)C=CC4=O)cc3C)ccc1-2. The van der Waals surface area contributed by atoms with Gasteiger partial charge in [0.05, 0.1) is 25.4 Å². The van der Waals surface area contributed by atoms with Crippen LogP contribution in [-0.2, 0) is 19.1 Å². The summed E-state index contributed by atoms with van der Waals surface area (Å²) in [5.74, 6) is -1.15. The molecule has 0 saturated heterocycles. The Bertz CT molecular complexity index is 1760. The van der Waals surface area contributed by atoms with Gasteiger partial charge in [-0.1, -0.05) is 38.5 Å². The van der Waals surface area contributed by atoms with Crippen LogP contribution < -0.4 is 14.2 Å². The second kappa shape index (κ2) is 16.2. The molecule has 1 aliphatic carbocycles. The lowest BCUT2D eigenvalue weighted by atomic mass is 9.99. The zero-order valence-corrected chi connectivity index (χ0v) is 27.8. The van der Waals surface area contributed by atoms with Crippen molar-refractivity contribution < 1.29 is 42.5 Å². The molecule has 9 nitrogen and oxygen atoms in total. The largest absolute Gasteiger partial charge is 0.494 e. The number of carbonyl (C=O) groups is 4. The van der Waals surface area contributed by atoms with Crippen molar-refractivity contribution in [1.29, 1.82) is 0 Å². The van der Waals surface area contributed by atoms with Crippen molar-refractivity contribution in [1.82, 2.24) is 4.90 Å². The second-order valence-corrected chi connectivity index (χ2v) is 12.1. The molecule has 2 aliphatic rings. The van der Waals surface area contributed by atoms with Crippen molar-refractivity contribution in [2.75, 3.05) is 26.4 Å². The number of esters is 2. The average Bonchev–Trinajstić information content (AvgIpc) is 3.55. The number of ether oxygens (including phenoxy) is 4. The lowest BCUT2D eigenvalue weighted by Crippen LogP contribution is -2.30. The molecule has 3 aromatic rings. The van der Waals surface area contributed by atoms with E-state index < -0.39 is 17.8 Å². The Morgan fingerprint density at radius 2 is 1.31 bits per heavy atom. The maximum Gasteiger partial charge on any atom is 0.366 e. The van der Waals surface area contributed by atoms with E-state index in [9.17, 15) is 23.6 Å². The summed E-state index contributed by atoms with van der Waals surface area (Å²) in [6.07, 6.45) is 7.17. The van der Waals surface area contributed by atoms with E-state index in [4.69, 9.17) is 18.9 Å². The van der Waals surface area contributed by atoms with Crippen LogP contribution >= 0.6 is 0 Å². The summed E-state index contributed by atoms with van der Waals surface area (Å²) in [5, 5.41) is 0. The first kappa shape index (κ1) is 35.1. The normalized spacial score (nSPS) is 14.4. The van der Waals surface area contributed by atoms with Crippen molar-refractivity contribution in [2.24, 2.45) is 0 Å². The fourth-order valence-electron chi connectivity index (χ4n) is 5.93. The molecule has 1 heterocycles. The molecule has 1 unspecified atom stereocenters. The number of hydrogen-bond donors (Lipinski definition) is 0. The van der Waals surface area contributed by atoms with Crippen LogP contribution in [0.1, 0.15) is 78.4 Å². The number of amides is 2. The van der Waals surface area contributed by atoms with E-state index in [1.807, 2.05) is 43.3 Å². The smallest absolute Gasteiger partial charge is 0.366 e. The molecule has 1 atom stereocenters. The van der Waals surface area contributed by atoms with Gasteiger partial charge in [0, 0.05) is 24.6 Å². The third-order valence-electron chi connectivity index (χ3n) is 8.60. The number of hydrogen-bond acceptors (Lipinski definition) is 8. The van der Waals surface area contributed by atoms with Gasteiger partial charge in [-0.05, 0) is 103 Å². The predicted molar refractivity (Wildman–Crippen MR) is 181 cm³/mol. The molecule has 0 N–H and O–H groups in total. The summed E-state index contributed by atoms with van der Waals surface area (Å²) >= 11 is 0. The van der Waals surface area contributed by atoms with E-state index in [0.29, 0.717) is 49.7 Å². The highest BCUT2D eigenvalue weighted by atomic mass is 19.1. The number of unbranched alkanes of at least 4 members (excludes halogenated alkanes) is 4. The summed E-state index contributed by atoms with van der Waals surface area (Å²) in [7, 11) is 0. The number of aryl methyl sites for hydroxylation is 1. The minimum Gasteiger partial charge on any atom is -0.494 e. The van der Waals surface area contributed by atoms with E-state index >= 15 is 0 Å². The number of benzene rings is 3. The molecular weight excluding hydrogens is 629 g/mol. The number of halogens is 1. The topological polar surface area (TPSA) is 108 Å². The Balaban J connectivity index is 1.07. The molecular formula is C39H40FNO8. The lowest BCUT2D eigenvalue weighted by Gasteiger charge is -2.13. The van der Waals surface area contributed by atoms with Gasteiger partial charge in [-0.2, -0.15) is 4.39 Å². The fourth-order valence-corrected chi connectivity index (χ4v) is 5.93. The van der Waals surface area contributed by atoms with Crippen molar-refractivity contribution >= 4 is 23.8 Å². The van der Waals surface area contributed by atoms with Crippen LogP contribution in [0.4, 0.5) is 4.39 Å². The summed E-state index contributed by atoms with van der Waals surface area (Å²) in [4.78, 5) is 48.7. The lowest BCUT2D eigenvalue weighted by molar-refractivity contribution is -0.141. The third-order valence-corrected chi connectivity index (χ3v) is 8.60. The van der Waals surface area contributed by atoms with Crippen molar-refractivity contribution in [3.8, 4) is 28.4 Å². The van der Waals surface area contributed by atoms with Crippen LogP contribution in [0.25, 0.3) is 11.1 Å². The molecule has 2 amide bonds. The zero-order valence-electron chi connectivity index (χ0n) is 27.8. The standard InChI is InChI=1S/C39H40FNO8/c1-25-22-28(46-19-7-5-4-6-18-41-36(42)16-17-37(41)43)10-13-31(25)39(45)49-30-12-15-33-32-14-11-29(23-34(32)26(2)35(33)24-30)47-20-8-9-21-48-38(44)27(3)40/h10-17,22-24,26H,3-9,18-21H2,1-2H3. The summed E-state index contributed by atoms with van der Waals surface area (Å²) in [6, 6.07) is 17.0. The second-order valence-electron chi connectivity index (χ2n) is 12.1. The first-order valence-corrected chi connectivity index (χ1v) is 16.5. The Kier molecular flexibility index (Phi) is 11.6. The number of fused-ring (bicyclic) bond motifs is 3. The molecule has 0 bridgehead atoms. The number of imide groups is 1. The quantitative estimate of drug-likeness (QED) is 0.0481. The Hall–Kier alpha value is -5.25. The van der Waals surface area contributed by atoms with Crippen molar-refractivity contribution in [3.05, 3.63) is 101 Å². The van der Waals surface area contributed by atoms with E-state index in [0.717, 1.165) is 59.3 Å². The van der Waals surface area contributed by atoms with Gasteiger partial charge in [0.1, 0.15) is 17.2 Å². The van der Waals surface area contributed by atoms with Gasteiger partial charge < -0.3 is 18.9 Å². The van der Waals surface area contributed by atoms with E-state index in [-0.39, 0.29) is 24.3 Å². The number of rotatable bonds is 17. The Morgan fingerprint density at radius 3 is 1.96 bits per heavy atom. The minimum absolute atomic E-state index is 0.0642. The van der Waals surface area contributed by atoms with Crippen LogP contribution in [0.2, 0.25) is 0 Å². The van der Waals surface area contributed by atoms with Crippen LogP contribution in [0, 0.1) is 6.92 Å². The van der Waals surface area contributed by atoms with Crippen LogP contribution in [0.3, 0.4) is 0 Å². The molecule has 0 aromatic heterocycles. The summed E-state index contributed by atoms with van der Waals surface area (Å²) in [5.41, 5.74) is 5.56. The first-order chi connectivity index (χ1) is 23.6. The molecule has 0 saturated carbocycles. The third kappa shape index (κ3) is 8.81. The molecule has 0 radical (unpaired) electrons. The predicted octanol–water partition coefficient (Wildman–Crippen LogP) is 7.40. The molecule has 0 spiro atoms. The monoisotopic (exact) mass is 669 g/mol. The highest BCUT2D eigenvalue weighted by Crippen LogP contribution is 2.47. The van der Waals surface area contributed by atoms with Gasteiger partial charge in [-0.25, -0.2) is 9.59 Å². The number of carbonyl (C=O) groups excluding carboxylic acids is 4. The number of nitrogens with zero attached hydrogens (tertiary/aromatic N) is 1. The first-order valence-electron chi connectivity index (χ1n) is 16.5. The van der Waals surface area contributed by atoms with Crippen LogP contribution in [-0.4, -0.2) is 55.0 Å². The Morgan fingerprint density at radius 1 is 0.755 bits per heavy atom. The van der Waals surface area contributed by atoms with E-state index in [1.54, 1.807) is 18.2 Å². The molecule has 10 heteroatoms. The van der Waals surface area contributed by atoms with E-state index in [2.05, 4.69) is 13.5 Å². The highest BCUT2D eigenvalue weighted by molar-refractivity contribution is 6.12. The molecule has 3 aromatic carbocycles. The fraction of sp³-hybridized carbons (Fsp3) is 0.333. The Labute approximate surface area is 285 Å². The molecule has 49 heavy (non-hydrogen) atoms. The van der Waals surface area contributed by atoms with Crippen molar-refractivity contribution in [3.63, 3.8) is 0 Å². The van der Waals surface area contributed by atoms with Gasteiger partial charge in [0.25, 0.3) is 11.8 Å². The van der Waals surface area contributed by atoms with E-state index in [1.165, 1.54) is 17.1 Å². The highest BCUT2D eigenvalue weighted by Gasteiger charge is 2.27. The maximum atomic E-state index is 13.1. The molecule has 256 valence electrons. The molecule has 1 aliphatic heterocycles. The summed E-state index contributed by atoms with van der Waals surface area (Å²) < 4.78 is 35.0. The molecule has 5 rings (SSSR count). The van der Waals surface area contributed by atoms with Gasteiger partial charge >= 0.3 is 11.9 Å². The zero-order chi connectivity index (χ0) is 34.9. The van der Waals surface area contributed by atoms with Gasteiger partial charge in [-0.3, -0.25) is 14.5 Å². The summed E-state index contributed by atoms with van der Waals surface area (Å²) in [6.45, 7) is 8.35. The van der Waals surface area contributed by atoms with Crippen molar-refractivity contribution in [2.45, 2.75) is 58.3 Å². The maximum absolute atomic E-state index is 13.1. The van der Waals surface area contributed by atoms with Gasteiger partial charge in [0.15, 0.2) is 0 Å². The average molecular weight is 670 g/mol.